The molecule has 0 spiro atoms. The zero-order chi connectivity index (χ0) is 30.6. The number of halogens is 1. The number of allylic oxidation sites excluding steroid dienone is 1. The van der Waals surface area contributed by atoms with Gasteiger partial charge in [-0.05, 0) is 76.9 Å². The number of benzene rings is 3. The molecule has 10 heteroatoms. The lowest BCUT2D eigenvalue weighted by Crippen LogP contribution is -2.27. The number of aromatic nitrogens is 2. The second-order valence-corrected chi connectivity index (χ2v) is 10.2. The number of hydrogen-bond acceptors (Lipinski definition) is 6. The predicted molar refractivity (Wildman–Crippen MR) is 162 cm³/mol. The topological polar surface area (TPSA) is 107 Å². The van der Waals surface area contributed by atoms with Crippen LogP contribution in [0.4, 0.5) is 15.8 Å². The first-order valence-electron chi connectivity index (χ1n) is 13.2. The van der Waals surface area contributed by atoms with Gasteiger partial charge in [0.15, 0.2) is 11.6 Å². The first-order valence-corrected chi connectivity index (χ1v) is 13.2. The summed E-state index contributed by atoms with van der Waals surface area (Å²) in [6.45, 7) is 10.4. The number of para-hydroxylation sites is 1. The van der Waals surface area contributed by atoms with Crippen LogP contribution in [0.1, 0.15) is 42.4 Å². The highest BCUT2D eigenvalue weighted by molar-refractivity contribution is 6.05. The second-order valence-electron chi connectivity index (χ2n) is 10.2. The molecule has 1 heterocycles. The van der Waals surface area contributed by atoms with Gasteiger partial charge in [-0.3, -0.25) is 19.3 Å². The molecule has 0 atom stereocenters. The molecule has 0 unspecified atom stereocenters. The van der Waals surface area contributed by atoms with Crippen LogP contribution in [0.15, 0.2) is 82.6 Å². The predicted octanol–water partition coefficient (Wildman–Crippen LogP) is 5.80. The zero-order valence-corrected chi connectivity index (χ0v) is 24.1. The minimum atomic E-state index is -1.01. The summed E-state index contributed by atoms with van der Waals surface area (Å²) in [5.74, 6) is -0.658. The van der Waals surface area contributed by atoms with Crippen molar-refractivity contribution in [1.82, 2.24) is 9.36 Å². The highest BCUT2D eigenvalue weighted by Crippen LogP contribution is 2.33. The van der Waals surface area contributed by atoms with E-state index >= 15 is 4.39 Å². The van der Waals surface area contributed by atoms with E-state index in [1.54, 1.807) is 88.0 Å². The van der Waals surface area contributed by atoms with Crippen molar-refractivity contribution < 1.29 is 23.8 Å². The summed E-state index contributed by atoms with van der Waals surface area (Å²) in [4.78, 5) is 30.3. The normalized spacial score (nSPS) is 11.7. The zero-order valence-electron chi connectivity index (χ0n) is 24.1. The number of nitrogens with one attached hydrogen (secondary N) is 1. The molecule has 218 valence electrons. The molecule has 9 nitrogen and oxygen atoms in total. The Morgan fingerprint density at radius 1 is 1.14 bits per heavy atom. The quantitative estimate of drug-likeness (QED) is 0.185. The fourth-order valence-electron chi connectivity index (χ4n) is 4.27. The third kappa shape index (κ3) is 6.50. The number of nitrogens with zero attached hydrogens (tertiary/aromatic N) is 3. The first kappa shape index (κ1) is 30.0. The lowest BCUT2D eigenvalue weighted by atomic mass is 10.1. The Kier molecular flexibility index (Phi) is 8.77. The van der Waals surface area contributed by atoms with Crippen molar-refractivity contribution in [1.29, 1.82) is 0 Å². The van der Waals surface area contributed by atoms with Crippen LogP contribution in [-0.4, -0.2) is 39.3 Å². The molecule has 4 rings (SSSR count). The van der Waals surface area contributed by atoms with Crippen LogP contribution in [-0.2, 0) is 7.05 Å². The number of aliphatic imine (C=N–C) groups is 1. The number of hydrogen-bond donors (Lipinski definition) is 2. The Labute approximate surface area is 243 Å². The van der Waals surface area contributed by atoms with Gasteiger partial charge < -0.3 is 19.9 Å². The van der Waals surface area contributed by atoms with Crippen molar-refractivity contribution in [2.45, 2.75) is 33.3 Å². The van der Waals surface area contributed by atoms with Gasteiger partial charge in [-0.2, -0.15) is 0 Å². The summed E-state index contributed by atoms with van der Waals surface area (Å²) in [5, 5.41) is 12.5. The molecule has 0 saturated carbocycles. The summed E-state index contributed by atoms with van der Waals surface area (Å²) in [5.41, 5.74) is 0.685. The first-order chi connectivity index (χ1) is 19.9. The molecule has 0 aliphatic heterocycles. The van der Waals surface area contributed by atoms with Crippen LogP contribution in [0.25, 0.3) is 11.4 Å². The maximum absolute atomic E-state index is 15.2. The van der Waals surface area contributed by atoms with Crippen LogP contribution in [0.3, 0.4) is 0 Å². The molecule has 42 heavy (non-hydrogen) atoms. The van der Waals surface area contributed by atoms with Gasteiger partial charge in [0.25, 0.3) is 11.5 Å². The van der Waals surface area contributed by atoms with Gasteiger partial charge in [0.1, 0.15) is 23.7 Å². The van der Waals surface area contributed by atoms with Gasteiger partial charge in [-0.25, -0.2) is 9.07 Å². The van der Waals surface area contributed by atoms with Gasteiger partial charge in [-0.15, -0.1) is 0 Å². The van der Waals surface area contributed by atoms with Crippen LogP contribution in [0.5, 0.6) is 11.5 Å². The van der Waals surface area contributed by atoms with E-state index < -0.39 is 22.9 Å². The van der Waals surface area contributed by atoms with E-state index in [2.05, 4.69) is 17.0 Å². The maximum atomic E-state index is 15.2. The number of carbonyl (C=O) groups is 1. The molecule has 0 aliphatic rings. The Morgan fingerprint density at radius 3 is 2.48 bits per heavy atom. The van der Waals surface area contributed by atoms with Crippen molar-refractivity contribution >= 4 is 29.8 Å². The van der Waals surface area contributed by atoms with E-state index in [-0.39, 0.29) is 23.6 Å². The highest BCUT2D eigenvalue weighted by Gasteiger charge is 2.23. The number of amides is 1. The average Bonchev–Trinajstić information content (AvgIpc) is 3.18. The van der Waals surface area contributed by atoms with Gasteiger partial charge in [0.05, 0.1) is 22.7 Å². The average molecular weight is 573 g/mol. The summed E-state index contributed by atoms with van der Waals surface area (Å²) in [6.07, 6.45) is 1.66. The SMILES string of the molecule is C=Nc1cc(OCC(C)(C)O)ccc1/C(=C\C)Oc1ccc(NC(=O)c2c(C)n(C)n(-c3ccccc3)c2=O)cc1F. The Hall–Kier alpha value is -4.96. The Bertz CT molecular complexity index is 1720. The van der Waals surface area contributed by atoms with Crippen molar-refractivity contribution in [2.75, 3.05) is 11.9 Å². The lowest BCUT2D eigenvalue weighted by Gasteiger charge is -2.19. The van der Waals surface area contributed by atoms with E-state index in [1.807, 2.05) is 6.07 Å². The van der Waals surface area contributed by atoms with Gasteiger partial charge in [0, 0.05) is 30.4 Å². The molecule has 1 amide bonds. The highest BCUT2D eigenvalue weighted by atomic mass is 19.1. The number of aliphatic hydroxyl groups is 1. The minimum Gasteiger partial charge on any atom is -0.491 e. The summed E-state index contributed by atoms with van der Waals surface area (Å²) < 4.78 is 29.7. The monoisotopic (exact) mass is 572 g/mol. The molecule has 2 N–H and O–H groups in total. The fraction of sp³-hybridized carbons (Fsp3) is 0.219. The van der Waals surface area contributed by atoms with Crippen LogP contribution < -0.4 is 20.3 Å². The maximum Gasteiger partial charge on any atom is 0.284 e. The summed E-state index contributed by atoms with van der Waals surface area (Å²) in [6, 6.07) is 18.0. The molecular weight excluding hydrogens is 539 g/mol. The van der Waals surface area contributed by atoms with E-state index in [0.717, 1.165) is 6.07 Å². The van der Waals surface area contributed by atoms with Crippen molar-refractivity contribution in [3.8, 4) is 17.2 Å². The summed E-state index contributed by atoms with van der Waals surface area (Å²) in [7, 11) is 1.69. The third-order valence-electron chi connectivity index (χ3n) is 6.45. The van der Waals surface area contributed by atoms with E-state index in [9.17, 15) is 14.7 Å². The van der Waals surface area contributed by atoms with Crippen LogP contribution >= 0.6 is 0 Å². The van der Waals surface area contributed by atoms with E-state index in [0.29, 0.717) is 34.1 Å². The molecule has 0 bridgehead atoms. The largest absolute Gasteiger partial charge is 0.491 e. The summed E-state index contributed by atoms with van der Waals surface area (Å²) >= 11 is 0. The number of rotatable bonds is 10. The van der Waals surface area contributed by atoms with Crippen molar-refractivity contribution in [2.24, 2.45) is 12.0 Å². The van der Waals surface area contributed by atoms with E-state index in [4.69, 9.17) is 9.47 Å². The van der Waals surface area contributed by atoms with Gasteiger partial charge in [-0.1, -0.05) is 18.2 Å². The van der Waals surface area contributed by atoms with Crippen molar-refractivity contribution in [3.05, 3.63) is 106 Å². The standard InChI is InChI=1S/C32H33FN4O5/c1-7-27(24-15-14-23(18-26(24)34-5)41-19-32(3,4)40)42-28-16-13-21(17-25(28)33)35-30(38)29-20(2)36(6)37(31(29)39)22-11-9-8-10-12-22/h7-18,40H,5,19H2,1-4,6H3,(H,35,38)/b27-7+. The van der Waals surface area contributed by atoms with Gasteiger partial charge >= 0.3 is 0 Å². The molecule has 0 fully saturated rings. The molecule has 4 aromatic rings. The smallest absolute Gasteiger partial charge is 0.284 e. The lowest BCUT2D eigenvalue weighted by molar-refractivity contribution is 0.0285. The van der Waals surface area contributed by atoms with Crippen LogP contribution in [0.2, 0.25) is 0 Å². The Balaban J connectivity index is 1.53. The molecular formula is C32H33FN4O5. The van der Waals surface area contributed by atoms with E-state index in [1.165, 1.54) is 16.8 Å². The third-order valence-corrected chi connectivity index (χ3v) is 6.45. The minimum absolute atomic E-state index is 0.0438. The van der Waals surface area contributed by atoms with Gasteiger partial charge in [0.2, 0.25) is 0 Å². The number of ether oxygens (including phenoxy) is 2. The van der Waals surface area contributed by atoms with Crippen LogP contribution in [0, 0.1) is 12.7 Å². The second kappa shape index (κ2) is 12.3. The molecule has 0 saturated heterocycles. The molecule has 1 aromatic heterocycles. The fourth-order valence-corrected chi connectivity index (χ4v) is 4.27. The number of carbonyl (C=O) groups excluding carboxylic acids is 1. The molecule has 0 aliphatic carbocycles. The number of anilines is 1. The molecule has 0 radical (unpaired) electrons. The Morgan fingerprint density at radius 2 is 1.86 bits per heavy atom. The molecule has 3 aromatic carbocycles. The van der Waals surface area contributed by atoms with Crippen molar-refractivity contribution in [3.63, 3.8) is 0 Å².